The number of aliphatic hydroxyl groups is 1. The minimum absolute atomic E-state index is 0.0634. The maximum Gasteiger partial charge on any atom is 0.295 e. The summed E-state index contributed by atoms with van der Waals surface area (Å²) in [6.45, 7) is 4.46. The van der Waals surface area contributed by atoms with E-state index < -0.39 is 17.1 Å². The molecular weight excluding hydrogens is 488 g/mol. The second kappa shape index (κ2) is 9.29. The second-order valence-corrected chi connectivity index (χ2v) is 14.3. The summed E-state index contributed by atoms with van der Waals surface area (Å²) in [6.07, 6.45) is 20.6. The van der Waals surface area contributed by atoms with Crippen molar-refractivity contribution in [2.75, 3.05) is 0 Å². The molecule has 0 unspecified atom stereocenters. The number of hydrogen-bond acceptors (Lipinski definition) is 5. The highest BCUT2D eigenvalue weighted by atomic mass is 16.6. The summed E-state index contributed by atoms with van der Waals surface area (Å²) in [7, 11) is 0. The number of ether oxygens (including phenoxy) is 1. The second-order valence-electron chi connectivity index (χ2n) is 14.3. The van der Waals surface area contributed by atoms with Crippen molar-refractivity contribution in [1.29, 1.82) is 0 Å². The molecule has 1 spiro atoms. The smallest absolute Gasteiger partial charge is 0.295 e. The van der Waals surface area contributed by atoms with E-state index in [0.29, 0.717) is 30.7 Å². The normalized spacial score (nSPS) is 45.8. The molecule has 7 aliphatic rings. The summed E-state index contributed by atoms with van der Waals surface area (Å²) in [6, 6.07) is 1.04. The van der Waals surface area contributed by atoms with Crippen LogP contribution in [-0.2, 0) is 14.3 Å². The molecule has 0 bridgehead atoms. The van der Waals surface area contributed by atoms with Crippen molar-refractivity contribution < 1.29 is 19.4 Å². The van der Waals surface area contributed by atoms with Crippen molar-refractivity contribution in [3.63, 3.8) is 0 Å². The van der Waals surface area contributed by atoms with Crippen molar-refractivity contribution in [1.82, 2.24) is 4.90 Å². The van der Waals surface area contributed by atoms with Crippen LogP contribution in [0.2, 0.25) is 0 Å². The van der Waals surface area contributed by atoms with E-state index in [4.69, 9.17) is 9.73 Å². The molecule has 1 saturated heterocycles. The van der Waals surface area contributed by atoms with Gasteiger partial charge in [0.15, 0.2) is 11.4 Å². The van der Waals surface area contributed by atoms with Crippen LogP contribution in [0.4, 0.5) is 0 Å². The third-order valence-electron chi connectivity index (χ3n) is 12.5. The number of ketones is 1. The van der Waals surface area contributed by atoms with Gasteiger partial charge in [-0.15, -0.1) is 0 Å². The minimum Gasteiger partial charge on any atom is -0.447 e. The molecule has 1 amide bonds. The van der Waals surface area contributed by atoms with Crippen LogP contribution in [-0.4, -0.2) is 51.5 Å². The van der Waals surface area contributed by atoms with E-state index in [2.05, 4.69) is 19.9 Å². The fourth-order valence-corrected chi connectivity index (χ4v) is 10.5. The van der Waals surface area contributed by atoms with Gasteiger partial charge in [0.05, 0.1) is 12.1 Å². The van der Waals surface area contributed by atoms with Gasteiger partial charge in [-0.05, 0) is 81.8 Å². The van der Waals surface area contributed by atoms with Gasteiger partial charge in [0.1, 0.15) is 0 Å². The van der Waals surface area contributed by atoms with Gasteiger partial charge in [-0.25, -0.2) is 4.99 Å². The number of aliphatic hydroxyl groups excluding tert-OH is 1. The predicted octanol–water partition coefficient (Wildman–Crippen LogP) is 5.88. The SMILES string of the molecule is C[C@]12C=CC(=O)C=C1CC[C@@H]1[C@@H]2[C@@H](O)C[C@@]2(C)[C@H]1CC[C@@]21OC(=NC2CCCCC2)N(C2CCCCC2)C1=O. The highest BCUT2D eigenvalue weighted by Gasteiger charge is 2.73. The Morgan fingerprint density at radius 2 is 1.69 bits per heavy atom. The molecule has 1 N–H and O–H groups in total. The quantitative estimate of drug-likeness (QED) is 0.480. The molecule has 7 rings (SSSR count). The van der Waals surface area contributed by atoms with Crippen molar-refractivity contribution in [3.8, 4) is 0 Å². The first kappa shape index (κ1) is 26.0. The highest BCUT2D eigenvalue weighted by Crippen LogP contribution is 2.69. The van der Waals surface area contributed by atoms with Crippen LogP contribution in [0.25, 0.3) is 0 Å². The monoisotopic (exact) mass is 534 g/mol. The van der Waals surface area contributed by atoms with E-state index in [1.54, 1.807) is 6.08 Å². The van der Waals surface area contributed by atoms with Gasteiger partial charge >= 0.3 is 0 Å². The van der Waals surface area contributed by atoms with E-state index in [0.717, 1.165) is 57.8 Å². The van der Waals surface area contributed by atoms with E-state index in [1.807, 2.05) is 11.0 Å². The molecule has 6 heteroatoms. The van der Waals surface area contributed by atoms with Crippen LogP contribution in [0.5, 0.6) is 0 Å². The summed E-state index contributed by atoms with van der Waals surface area (Å²) < 4.78 is 6.98. The molecule has 6 nitrogen and oxygen atoms in total. The molecule has 1 heterocycles. The number of fused-ring (bicyclic) bond motifs is 6. The molecule has 1 aliphatic heterocycles. The first-order chi connectivity index (χ1) is 18.8. The van der Waals surface area contributed by atoms with E-state index in [1.165, 1.54) is 31.3 Å². The predicted molar refractivity (Wildman–Crippen MR) is 150 cm³/mol. The Labute approximate surface area is 233 Å². The van der Waals surface area contributed by atoms with Crippen LogP contribution >= 0.6 is 0 Å². The van der Waals surface area contributed by atoms with Gasteiger partial charge in [0.25, 0.3) is 11.9 Å². The van der Waals surface area contributed by atoms with Crippen molar-refractivity contribution >= 4 is 17.7 Å². The van der Waals surface area contributed by atoms with Crippen LogP contribution in [0.1, 0.15) is 110 Å². The lowest BCUT2D eigenvalue weighted by molar-refractivity contribution is -0.169. The number of carbonyl (C=O) groups is 2. The van der Waals surface area contributed by atoms with E-state index in [9.17, 15) is 14.7 Å². The molecule has 6 fully saturated rings. The van der Waals surface area contributed by atoms with Gasteiger partial charge in [0, 0.05) is 22.8 Å². The number of rotatable bonds is 2. The molecule has 39 heavy (non-hydrogen) atoms. The Hall–Kier alpha value is -1.95. The summed E-state index contributed by atoms with van der Waals surface area (Å²) in [5.74, 6) is 0.869. The maximum absolute atomic E-state index is 14.7. The number of hydrogen-bond donors (Lipinski definition) is 1. The Morgan fingerprint density at radius 1 is 0.974 bits per heavy atom. The lowest BCUT2D eigenvalue weighted by Gasteiger charge is -2.59. The molecule has 7 atom stereocenters. The molecular formula is C33H46N2O4. The standard InChI is InChI=1S/C33H46N2O4/c1-31-17-15-24(36)19-21(31)13-14-25-26-16-18-33(32(26,2)20-27(37)28(25)31)29(38)35(23-11-7-4-8-12-23)30(39-33)34-22-9-5-3-6-10-22/h15,17,19,22-23,25-28,37H,3-14,16,18,20H2,1-2H3/t25-,26-,27-,28+,31-,32-,33-/m0/s1. The summed E-state index contributed by atoms with van der Waals surface area (Å²) in [5, 5.41) is 11.9. The third-order valence-corrected chi connectivity index (χ3v) is 12.5. The number of allylic oxidation sites excluding steroid dienone is 4. The van der Waals surface area contributed by atoms with Gasteiger partial charge in [0.2, 0.25) is 0 Å². The minimum atomic E-state index is -0.927. The number of nitrogens with zero attached hydrogens (tertiary/aromatic N) is 2. The number of amidine groups is 1. The molecule has 6 aliphatic carbocycles. The molecule has 5 saturated carbocycles. The summed E-state index contributed by atoms with van der Waals surface area (Å²) in [5.41, 5.74) is -0.489. The Kier molecular flexibility index (Phi) is 6.19. The van der Waals surface area contributed by atoms with Crippen LogP contribution < -0.4 is 0 Å². The molecule has 0 aromatic rings. The molecule has 0 radical (unpaired) electrons. The van der Waals surface area contributed by atoms with E-state index >= 15 is 0 Å². The fourth-order valence-electron chi connectivity index (χ4n) is 10.5. The first-order valence-electron chi connectivity index (χ1n) is 16.0. The Balaban J connectivity index is 1.25. The Morgan fingerprint density at radius 3 is 2.44 bits per heavy atom. The van der Waals surface area contributed by atoms with Crippen molar-refractivity contribution in [2.45, 2.75) is 134 Å². The fraction of sp³-hybridized carbons (Fsp3) is 0.788. The molecule has 212 valence electrons. The first-order valence-corrected chi connectivity index (χ1v) is 16.0. The number of carbonyl (C=O) groups excluding carboxylic acids is 2. The molecule has 0 aromatic carbocycles. The zero-order valence-corrected chi connectivity index (χ0v) is 23.9. The topological polar surface area (TPSA) is 79.2 Å². The highest BCUT2D eigenvalue weighted by molar-refractivity contribution is 6.06. The number of aliphatic imine (C=N–C) groups is 1. The lowest BCUT2D eigenvalue weighted by atomic mass is 9.46. The van der Waals surface area contributed by atoms with Crippen LogP contribution in [0.15, 0.2) is 28.8 Å². The van der Waals surface area contributed by atoms with Crippen LogP contribution in [0.3, 0.4) is 0 Å². The number of amides is 1. The summed E-state index contributed by atoms with van der Waals surface area (Å²) >= 11 is 0. The zero-order chi connectivity index (χ0) is 27.0. The summed E-state index contributed by atoms with van der Waals surface area (Å²) in [4.78, 5) is 34.1. The van der Waals surface area contributed by atoms with Gasteiger partial charge in [-0.3, -0.25) is 14.5 Å². The molecule has 0 aromatic heterocycles. The Bertz CT molecular complexity index is 1130. The van der Waals surface area contributed by atoms with Gasteiger partial charge in [-0.2, -0.15) is 0 Å². The third kappa shape index (κ3) is 3.72. The van der Waals surface area contributed by atoms with Gasteiger partial charge in [-0.1, -0.05) is 64.0 Å². The maximum atomic E-state index is 14.7. The van der Waals surface area contributed by atoms with E-state index in [-0.39, 0.29) is 35.1 Å². The van der Waals surface area contributed by atoms with Crippen molar-refractivity contribution in [3.05, 3.63) is 23.8 Å². The zero-order valence-electron chi connectivity index (χ0n) is 23.9. The lowest BCUT2D eigenvalue weighted by Crippen LogP contribution is -2.61. The average Bonchev–Trinajstić information content (AvgIpc) is 3.38. The van der Waals surface area contributed by atoms with Crippen molar-refractivity contribution in [2.24, 2.45) is 33.6 Å². The largest absolute Gasteiger partial charge is 0.447 e. The van der Waals surface area contributed by atoms with Crippen LogP contribution in [0, 0.1) is 28.6 Å². The van der Waals surface area contributed by atoms with Gasteiger partial charge < -0.3 is 9.84 Å². The average molecular weight is 535 g/mol.